The molecule has 0 fully saturated rings. The van der Waals surface area contributed by atoms with Gasteiger partial charge in [0.15, 0.2) is 5.82 Å². The lowest BCUT2D eigenvalue weighted by molar-refractivity contribution is 0.473. The van der Waals surface area contributed by atoms with Gasteiger partial charge >= 0.3 is 0 Å². The third-order valence-corrected chi connectivity index (χ3v) is 3.41. The molecule has 0 bridgehead atoms. The second-order valence-corrected chi connectivity index (χ2v) is 4.97. The Hall–Kier alpha value is -1.32. The summed E-state index contributed by atoms with van der Waals surface area (Å²) in [5, 5.41) is 3.27. The van der Waals surface area contributed by atoms with E-state index in [1.54, 1.807) is 17.0 Å². The molecular weight excluding hydrogens is 214 g/mol. The highest BCUT2D eigenvalue weighted by Crippen LogP contribution is 2.18. The summed E-state index contributed by atoms with van der Waals surface area (Å²) in [6.45, 7) is 10.3. The fraction of sp³-hybridized carbons (Fsp3) is 0.692. The second kappa shape index (κ2) is 5.34. The monoisotopic (exact) mass is 237 g/mol. The molecular formula is C13H23N3O. The standard InChI is InChI=1S/C13H23N3O/c1-6-13(5,7-2)15-11-12(17)16(10(3)4)9-8-14-11/h8-10H,6-7H2,1-5H3,(H,14,15). The Bertz CT molecular complexity index is 419. The zero-order valence-corrected chi connectivity index (χ0v) is 11.4. The van der Waals surface area contributed by atoms with Crippen molar-refractivity contribution >= 4 is 5.82 Å². The molecule has 0 atom stereocenters. The molecule has 4 heteroatoms. The Morgan fingerprint density at radius 2 is 2.00 bits per heavy atom. The van der Waals surface area contributed by atoms with Gasteiger partial charge in [0.2, 0.25) is 0 Å². The molecule has 4 nitrogen and oxygen atoms in total. The summed E-state index contributed by atoms with van der Waals surface area (Å²) < 4.78 is 1.70. The van der Waals surface area contributed by atoms with Gasteiger partial charge in [-0.15, -0.1) is 0 Å². The van der Waals surface area contributed by atoms with Crippen LogP contribution in [0.2, 0.25) is 0 Å². The Morgan fingerprint density at radius 1 is 1.41 bits per heavy atom. The van der Waals surface area contributed by atoms with Crippen molar-refractivity contribution in [3.63, 3.8) is 0 Å². The topological polar surface area (TPSA) is 46.9 Å². The van der Waals surface area contributed by atoms with Crippen LogP contribution in [0.25, 0.3) is 0 Å². The van der Waals surface area contributed by atoms with E-state index in [1.807, 2.05) is 13.8 Å². The van der Waals surface area contributed by atoms with E-state index < -0.39 is 0 Å². The van der Waals surface area contributed by atoms with E-state index in [1.165, 1.54) is 0 Å². The van der Waals surface area contributed by atoms with E-state index in [2.05, 4.69) is 31.1 Å². The summed E-state index contributed by atoms with van der Waals surface area (Å²) in [4.78, 5) is 16.3. The first kappa shape index (κ1) is 13.7. The van der Waals surface area contributed by atoms with Gasteiger partial charge in [-0.1, -0.05) is 13.8 Å². The lowest BCUT2D eigenvalue weighted by Crippen LogP contribution is -2.37. The molecule has 0 amide bonds. The lowest BCUT2D eigenvalue weighted by Gasteiger charge is -2.28. The van der Waals surface area contributed by atoms with E-state index in [4.69, 9.17) is 0 Å². The predicted octanol–water partition coefficient (Wildman–Crippen LogP) is 2.81. The van der Waals surface area contributed by atoms with Crippen LogP contribution in [0.15, 0.2) is 17.2 Å². The van der Waals surface area contributed by atoms with E-state index in [9.17, 15) is 4.79 Å². The molecule has 0 spiro atoms. The van der Waals surface area contributed by atoms with Crippen molar-refractivity contribution in [1.82, 2.24) is 9.55 Å². The van der Waals surface area contributed by atoms with Crippen molar-refractivity contribution in [3.05, 3.63) is 22.7 Å². The van der Waals surface area contributed by atoms with Crippen LogP contribution < -0.4 is 10.9 Å². The summed E-state index contributed by atoms with van der Waals surface area (Å²) in [6, 6.07) is 0.153. The molecule has 0 saturated heterocycles. The van der Waals surface area contributed by atoms with Crippen molar-refractivity contribution < 1.29 is 0 Å². The van der Waals surface area contributed by atoms with Gasteiger partial charge < -0.3 is 9.88 Å². The second-order valence-electron chi connectivity index (χ2n) is 4.97. The summed E-state index contributed by atoms with van der Waals surface area (Å²) in [7, 11) is 0. The molecule has 0 aliphatic carbocycles. The van der Waals surface area contributed by atoms with Crippen LogP contribution in [0.4, 0.5) is 5.82 Å². The average Bonchev–Trinajstić information content (AvgIpc) is 2.31. The number of hydrogen-bond donors (Lipinski definition) is 1. The molecule has 17 heavy (non-hydrogen) atoms. The van der Waals surface area contributed by atoms with E-state index in [-0.39, 0.29) is 17.1 Å². The summed E-state index contributed by atoms with van der Waals surface area (Å²) in [5.41, 5.74) is -0.113. The van der Waals surface area contributed by atoms with Crippen LogP contribution in [0, 0.1) is 0 Å². The van der Waals surface area contributed by atoms with Gasteiger partial charge in [0, 0.05) is 24.0 Å². The van der Waals surface area contributed by atoms with Crippen LogP contribution in [0.5, 0.6) is 0 Å². The largest absolute Gasteiger partial charge is 0.360 e. The number of nitrogens with one attached hydrogen (secondary N) is 1. The summed E-state index contributed by atoms with van der Waals surface area (Å²) in [6.07, 6.45) is 5.32. The number of nitrogens with zero attached hydrogens (tertiary/aromatic N) is 2. The molecule has 0 radical (unpaired) electrons. The molecule has 1 aromatic heterocycles. The zero-order valence-electron chi connectivity index (χ0n) is 11.4. The first-order valence-corrected chi connectivity index (χ1v) is 6.29. The normalized spacial score (nSPS) is 11.9. The third kappa shape index (κ3) is 3.08. The minimum Gasteiger partial charge on any atom is -0.360 e. The van der Waals surface area contributed by atoms with Crippen molar-refractivity contribution in [1.29, 1.82) is 0 Å². The molecule has 96 valence electrons. The van der Waals surface area contributed by atoms with E-state index in [0.717, 1.165) is 12.8 Å². The predicted molar refractivity (Wildman–Crippen MR) is 71.5 cm³/mol. The van der Waals surface area contributed by atoms with Crippen molar-refractivity contribution in [2.45, 2.75) is 59.0 Å². The van der Waals surface area contributed by atoms with Crippen LogP contribution >= 0.6 is 0 Å². The Kier molecular flexibility index (Phi) is 4.32. The van der Waals surface area contributed by atoms with Crippen molar-refractivity contribution in [2.75, 3.05) is 5.32 Å². The Labute approximate surface area is 103 Å². The maximum atomic E-state index is 12.2. The van der Waals surface area contributed by atoms with Gasteiger partial charge in [0.25, 0.3) is 5.56 Å². The minimum atomic E-state index is -0.0671. The molecule has 0 aliphatic rings. The molecule has 0 unspecified atom stereocenters. The van der Waals surface area contributed by atoms with Gasteiger partial charge in [-0.25, -0.2) is 4.98 Å². The van der Waals surface area contributed by atoms with Gasteiger partial charge in [-0.3, -0.25) is 4.79 Å². The van der Waals surface area contributed by atoms with Crippen LogP contribution in [0.1, 0.15) is 53.5 Å². The van der Waals surface area contributed by atoms with Crippen LogP contribution in [0.3, 0.4) is 0 Å². The number of aromatic nitrogens is 2. The fourth-order valence-corrected chi connectivity index (χ4v) is 1.63. The lowest BCUT2D eigenvalue weighted by atomic mass is 9.96. The van der Waals surface area contributed by atoms with Gasteiger partial charge in [-0.05, 0) is 33.6 Å². The van der Waals surface area contributed by atoms with Crippen molar-refractivity contribution in [2.24, 2.45) is 0 Å². The molecule has 1 heterocycles. The highest BCUT2D eigenvalue weighted by atomic mass is 16.1. The smallest absolute Gasteiger partial charge is 0.293 e. The molecule has 0 saturated carbocycles. The highest BCUT2D eigenvalue weighted by Gasteiger charge is 2.21. The molecule has 0 aromatic carbocycles. The summed E-state index contributed by atoms with van der Waals surface area (Å²) in [5.74, 6) is 0.451. The van der Waals surface area contributed by atoms with Gasteiger partial charge in [0.1, 0.15) is 0 Å². The van der Waals surface area contributed by atoms with Crippen LogP contribution in [-0.4, -0.2) is 15.1 Å². The first-order chi connectivity index (χ1) is 7.93. The Morgan fingerprint density at radius 3 is 2.47 bits per heavy atom. The van der Waals surface area contributed by atoms with Gasteiger partial charge in [0.05, 0.1) is 0 Å². The summed E-state index contributed by atoms with van der Waals surface area (Å²) >= 11 is 0. The molecule has 1 N–H and O–H groups in total. The average molecular weight is 237 g/mol. The molecule has 1 rings (SSSR count). The quantitative estimate of drug-likeness (QED) is 0.856. The fourth-order valence-electron chi connectivity index (χ4n) is 1.63. The van der Waals surface area contributed by atoms with E-state index in [0.29, 0.717) is 5.82 Å². The number of anilines is 1. The minimum absolute atomic E-state index is 0.0457. The third-order valence-electron chi connectivity index (χ3n) is 3.41. The van der Waals surface area contributed by atoms with Gasteiger partial charge in [-0.2, -0.15) is 0 Å². The Balaban J connectivity index is 3.08. The van der Waals surface area contributed by atoms with Crippen molar-refractivity contribution in [3.8, 4) is 0 Å². The first-order valence-electron chi connectivity index (χ1n) is 6.29. The maximum Gasteiger partial charge on any atom is 0.293 e. The maximum absolute atomic E-state index is 12.2. The van der Waals surface area contributed by atoms with Crippen LogP contribution in [-0.2, 0) is 0 Å². The highest BCUT2D eigenvalue weighted by molar-refractivity contribution is 5.34. The molecule has 0 aliphatic heterocycles. The number of hydrogen-bond acceptors (Lipinski definition) is 3. The number of rotatable bonds is 5. The zero-order chi connectivity index (χ0) is 13.1. The SMILES string of the molecule is CCC(C)(CC)Nc1nccn(C(C)C)c1=O. The van der Waals surface area contributed by atoms with E-state index >= 15 is 0 Å². The molecule has 1 aromatic rings.